The molecule has 2 nitrogen and oxygen atoms in total. The molecule has 1 aromatic carbocycles. The zero-order chi connectivity index (χ0) is 12.3. The van der Waals surface area contributed by atoms with E-state index in [-0.39, 0.29) is 11.0 Å². The fourth-order valence-corrected chi connectivity index (χ4v) is 3.01. The third-order valence-electron chi connectivity index (χ3n) is 4.42. The lowest BCUT2D eigenvalue weighted by Crippen LogP contribution is -2.45. The van der Waals surface area contributed by atoms with Crippen molar-refractivity contribution >= 4 is 10.9 Å². The van der Waals surface area contributed by atoms with Crippen molar-refractivity contribution in [2.45, 2.75) is 37.6 Å². The van der Waals surface area contributed by atoms with Crippen LogP contribution in [0.15, 0.2) is 30.5 Å². The van der Waals surface area contributed by atoms with Gasteiger partial charge in [0.2, 0.25) is 0 Å². The molecule has 1 aromatic heterocycles. The van der Waals surface area contributed by atoms with E-state index in [2.05, 4.69) is 55.9 Å². The van der Waals surface area contributed by atoms with E-state index in [0.717, 1.165) is 0 Å². The van der Waals surface area contributed by atoms with Gasteiger partial charge in [-0.3, -0.25) is 0 Å². The average Bonchev–Trinajstić information content (AvgIpc) is 3.00. The first-order chi connectivity index (χ1) is 7.94. The van der Waals surface area contributed by atoms with Crippen LogP contribution in [0.25, 0.3) is 10.9 Å². The highest BCUT2D eigenvalue weighted by atomic mass is 14.9. The van der Waals surface area contributed by atoms with Gasteiger partial charge < -0.3 is 10.3 Å². The summed E-state index contributed by atoms with van der Waals surface area (Å²) in [5.74, 6) is 0. The van der Waals surface area contributed by atoms with E-state index in [1.54, 1.807) is 0 Å². The van der Waals surface area contributed by atoms with Crippen molar-refractivity contribution in [1.82, 2.24) is 4.57 Å². The minimum absolute atomic E-state index is 0.130. The summed E-state index contributed by atoms with van der Waals surface area (Å²) in [4.78, 5) is 0. The Morgan fingerprint density at radius 2 is 1.94 bits per heavy atom. The van der Waals surface area contributed by atoms with Gasteiger partial charge in [0.1, 0.15) is 0 Å². The normalized spacial score (nSPS) is 18.6. The van der Waals surface area contributed by atoms with Gasteiger partial charge in [0, 0.05) is 29.7 Å². The van der Waals surface area contributed by atoms with Crippen LogP contribution in [-0.4, -0.2) is 10.1 Å². The van der Waals surface area contributed by atoms with E-state index in [0.29, 0.717) is 0 Å². The van der Waals surface area contributed by atoms with E-state index in [1.807, 2.05) is 0 Å². The molecule has 2 N–H and O–H groups in total. The molecule has 0 bridgehead atoms. The minimum Gasteiger partial charge on any atom is -0.351 e. The number of hydrogen-bond donors (Lipinski definition) is 1. The standard InChI is InChI=1S/C15H20N2/c1-14(2,16)15(7-8-15)12-4-5-13-11(10-12)6-9-17(13)3/h4-6,9-10H,7-8,16H2,1-3H3. The molecule has 0 aliphatic heterocycles. The summed E-state index contributed by atoms with van der Waals surface area (Å²) < 4.78 is 2.16. The molecule has 1 fully saturated rings. The molecule has 1 aliphatic rings. The van der Waals surface area contributed by atoms with Gasteiger partial charge in [-0.05, 0) is 55.8 Å². The Morgan fingerprint density at radius 3 is 2.53 bits per heavy atom. The number of benzene rings is 1. The number of nitrogens with two attached hydrogens (primary N) is 1. The van der Waals surface area contributed by atoms with Crippen LogP contribution in [0.5, 0.6) is 0 Å². The summed E-state index contributed by atoms with van der Waals surface area (Å²) in [6.45, 7) is 4.30. The number of aromatic nitrogens is 1. The quantitative estimate of drug-likeness (QED) is 0.841. The molecule has 0 amide bonds. The predicted molar refractivity (Wildman–Crippen MR) is 72.1 cm³/mol. The molecular formula is C15H20N2. The third kappa shape index (κ3) is 1.44. The summed E-state index contributed by atoms with van der Waals surface area (Å²) in [6.07, 6.45) is 4.55. The van der Waals surface area contributed by atoms with Crippen LogP contribution in [0.3, 0.4) is 0 Å². The van der Waals surface area contributed by atoms with Crippen molar-refractivity contribution in [1.29, 1.82) is 0 Å². The molecule has 90 valence electrons. The highest BCUT2D eigenvalue weighted by Gasteiger charge is 2.53. The lowest BCUT2D eigenvalue weighted by atomic mass is 9.79. The van der Waals surface area contributed by atoms with Crippen molar-refractivity contribution in [2.75, 3.05) is 0 Å². The fraction of sp³-hybridized carbons (Fsp3) is 0.467. The summed E-state index contributed by atoms with van der Waals surface area (Å²) >= 11 is 0. The Bertz CT molecular complexity index is 568. The van der Waals surface area contributed by atoms with E-state index in [9.17, 15) is 0 Å². The first-order valence-corrected chi connectivity index (χ1v) is 6.28. The monoisotopic (exact) mass is 228 g/mol. The van der Waals surface area contributed by atoms with Gasteiger partial charge in [-0.25, -0.2) is 0 Å². The maximum Gasteiger partial charge on any atom is 0.0477 e. The highest BCUT2D eigenvalue weighted by Crippen LogP contribution is 2.54. The topological polar surface area (TPSA) is 30.9 Å². The molecule has 0 radical (unpaired) electrons. The highest BCUT2D eigenvalue weighted by molar-refractivity contribution is 5.81. The van der Waals surface area contributed by atoms with Crippen molar-refractivity contribution in [3.8, 4) is 0 Å². The largest absolute Gasteiger partial charge is 0.351 e. The van der Waals surface area contributed by atoms with Crippen LogP contribution in [0.2, 0.25) is 0 Å². The number of rotatable bonds is 2. The van der Waals surface area contributed by atoms with Crippen molar-refractivity contribution < 1.29 is 0 Å². The van der Waals surface area contributed by atoms with Gasteiger partial charge in [-0.2, -0.15) is 0 Å². The van der Waals surface area contributed by atoms with Crippen LogP contribution in [-0.2, 0) is 12.5 Å². The number of nitrogens with zero attached hydrogens (tertiary/aromatic N) is 1. The van der Waals surface area contributed by atoms with E-state index < -0.39 is 0 Å². The molecule has 0 spiro atoms. The van der Waals surface area contributed by atoms with Crippen molar-refractivity contribution in [2.24, 2.45) is 12.8 Å². The molecule has 0 unspecified atom stereocenters. The molecule has 3 rings (SSSR count). The van der Waals surface area contributed by atoms with Crippen LogP contribution < -0.4 is 5.73 Å². The number of aryl methyl sites for hydroxylation is 1. The van der Waals surface area contributed by atoms with E-state index >= 15 is 0 Å². The van der Waals surface area contributed by atoms with Crippen LogP contribution in [0.4, 0.5) is 0 Å². The van der Waals surface area contributed by atoms with Gasteiger partial charge in [0.05, 0.1) is 0 Å². The Hall–Kier alpha value is -1.28. The SMILES string of the molecule is Cn1ccc2cc(C3(C(C)(C)N)CC3)ccc21. The van der Waals surface area contributed by atoms with E-state index in [4.69, 9.17) is 5.73 Å². The predicted octanol–water partition coefficient (Wildman–Crippen LogP) is 2.95. The number of hydrogen-bond acceptors (Lipinski definition) is 1. The van der Waals surface area contributed by atoms with Gasteiger partial charge >= 0.3 is 0 Å². The minimum atomic E-state index is -0.130. The lowest BCUT2D eigenvalue weighted by Gasteiger charge is -2.31. The summed E-state index contributed by atoms with van der Waals surface area (Å²) in [6, 6.07) is 8.97. The molecule has 2 aromatic rings. The van der Waals surface area contributed by atoms with Crippen molar-refractivity contribution in [3.05, 3.63) is 36.0 Å². The fourth-order valence-electron chi connectivity index (χ4n) is 3.01. The zero-order valence-corrected chi connectivity index (χ0v) is 10.8. The molecule has 17 heavy (non-hydrogen) atoms. The Balaban J connectivity index is 2.13. The Labute approximate surface area is 102 Å². The number of fused-ring (bicyclic) bond motifs is 1. The van der Waals surface area contributed by atoms with E-state index in [1.165, 1.54) is 29.3 Å². The average molecular weight is 228 g/mol. The van der Waals surface area contributed by atoms with Crippen LogP contribution >= 0.6 is 0 Å². The molecule has 0 atom stereocenters. The second-order valence-corrected chi connectivity index (χ2v) is 6.00. The maximum absolute atomic E-state index is 6.35. The Morgan fingerprint density at radius 1 is 1.24 bits per heavy atom. The van der Waals surface area contributed by atoms with Crippen LogP contribution in [0, 0.1) is 0 Å². The van der Waals surface area contributed by atoms with Gasteiger partial charge in [0.15, 0.2) is 0 Å². The molecule has 1 aliphatic carbocycles. The van der Waals surface area contributed by atoms with Crippen molar-refractivity contribution in [3.63, 3.8) is 0 Å². The smallest absolute Gasteiger partial charge is 0.0477 e. The first-order valence-electron chi connectivity index (χ1n) is 6.28. The summed E-state index contributed by atoms with van der Waals surface area (Å²) in [7, 11) is 2.09. The van der Waals surface area contributed by atoms with Gasteiger partial charge in [0.25, 0.3) is 0 Å². The molecule has 2 heteroatoms. The molecule has 1 saturated carbocycles. The van der Waals surface area contributed by atoms with Crippen LogP contribution in [0.1, 0.15) is 32.3 Å². The summed E-state index contributed by atoms with van der Waals surface area (Å²) in [5.41, 5.74) is 9.13. The second-order valence-electron chi connectivity index (χ2n) is 6.00. The molecule has 1 heterocycles. The maximum atomic E-state index is 6.35. The Kier molecular flexibility index (Phi) is 2.00. The molecule has 0 saturated heterocycles. The second kappa shape index (κ2) is 3.14. The first kappa shape index (κ1) is 10.8. The lowest BCUT2D eigenvalue weighted by molar-refractivity contribution is 0.392. The zero-order valence-electron chi connectivity index (χ0n) is 10.8. The van der Waals surface area contributed by atoms with Gasteiger partial charge in [-0.1, -0.05) is 6.07 Å². The summed E-state index contributed by atoms with van der Waals surface area (Å²) in [5, 5.41) is 1.32. The third-order valence-corrected chi connectivity index (χ3v) is 4.42. The van der Waals surface area contributed by atoms with Gasteiger partial charge in [-0.15, -0.1) is 0 Å². The molecular weight excluding hydrogens is 208 g/mol.